The zero-order valence-corrected chi connectivity index (χ0v) is 16.1. The van der Waals surface area contributed by atoms with Gasteiger partial charge in [-0.15, -0.1) is 0 Å². The first-order valence-electron chi connectivity index (χ1n) is 8.92. The summed E-state index contributed by atoms with van der Waals surface area (Å²) in [6, 6.07) is 8.42. The lowest BCUT2D eigenvalue weighted by Gasteiger charge is -2.30. The van der Waals surface area contributed by atoms with Gasteiger partial charge >= 0.3 is 12.1 Å². The number of ether oxygens (including phenoxy) is 3. The van der Waals surface area contributed by atoms with Gasteiger partial charge in [-0.1, -0.05) is 43.0 Å². The van der Waals surface area contributed by atoms with Gasteiger partial charge in [-0.3, -0.25) is 0 Å². The second kappa shape index (κ2) is 8.75. The van der Waals surface area contributed by atoms with Crippen LogP contribution in [0.2, 0.25) is 0 Å². The molecule has 0 bridgehead atoms. The molecular formula is C21H27NO5. The maximum atomic E-state index is 12.7. The third-order valence-corrected chi connectivity index (χ3v) is 3.94. The Morgan fingerprint density at radius 1 is 1.26 bits per heavy atom. The van der Waals surface area contributed by atoms with Gasteiger partial charge in [0.2, 0.25) is 0 Å². The topological polar surface area (TPSA) is 65.1 Å². The van der Waals surface area contributed by atoms with E-state index in [-0.39, 0.29) is 18.6 Å². The minimum atomic E-state index is -0.870. The number of hydrogen-bond donors (Lipinski definition) is 0. The third kappa shape index (κ3) is 5.88. The van der Waals surface area contributed by atoms with Gasteiger partial charge in [0.15, 0.2) is 5.88 Å². The summed E-state index contributed by atoms with van der Waals surface area (Å²) in [5, 5.41) is 0. The molecule has 6 nitrogen and oxygen atoms in total. The molecule has 0 aromatic heterocycles. The Hall–Kier alpha value is -2.76. The van der Waals surface area contributed by atoms with Crippen LogP contribution in [-0.2, 0) is 25.6 Å². The van der Waals surface area contributed by atoms with E-state index in [9.17, 15) is 9.59 Å². The van der Waals surface area contributed by atoms with E-state index >= 15 is 0 Å². The molecule has 1 aliphatic rings. The second-order valence-electron chi connectivity index (χ2n) is 7.32. The molecule has 2 unspecified atom stereocenters. The quantitative estimate of drug-likeness (QED) is 0.585. The zero-order chi connectivity index (χ0) is 20.0. The van der Waals surface area contributed by atoms with E-state index in [1.165, 1.54) is 0 Å². The molecule has 1 fully saturated rings. The molecular weight excluding hydrogens is 346 g/mol. The van der Waals surface area contributed by atoms with Crippen LogP contribution in [0.4, 0.5) is 4.79 Å². The molecule has 0 aliphatic carbocycles. The molecule has 1 aromatic rings. The molecule has 146 valence electrons. The van der Waals surface area contributed by atoms with Crippen LogP contribution < -0.4 is 0 Å². The Bertz CT molecular complexity index is 692. The number of carbonyl (C=O) groups excluding carboxylic acids is 2. The molecule has 0 radical (unpaired) electrons. The van der Waals surface area contributed by atoms with Crippen molar-refractivity contribution in [2.75, 3.05) is 0 Å². The van der Waals surface area contributed by atoms with E-state index in [0.29, 0.717) is 12.8 Å². The van der Waals surface area contributed by atoms with Crippen LogP contribution in [0.5, 0.6) is 0 Å². The van der Waals surface area contributed by atoms with Crippen LogP contribution in [0.25, 0.3) is 0 Å². The zero-order valence-electron chi connectivity index (χ0n) is 16.1. The summed E-state index contributed by atoms with van der Waals surface area (Å²) < 4.78 is 16.5. The third-order valence-electron chi connectivity index (χ3n) is 3.94. The fourth-order valence-electron chi connectivity index (χ4n) is 2.69. The van der Waals surface area contributed by atoms with Crippen molar-refractivity contribution >= 4 is 12.1 Å². The number of carbonyl (C=O) groups is 2. The number of rotatable bonds is 4. The Balaban J connectivity index is 2.19. The Kier molecular flexibility index (Phi) is 6.66. The normalized spacial score (nSPS) is 20.3. The molecule has 2 atom stereocenters. The second-order valence-corrected chi connectivity index (χ2v) is 7.32. The lowest BCUT2D eigenvalue weighted by Crippen LogP contribution is -2.46. The molecule has 1 amide bonds. The van der Waals surface area contributed by atoms with Gasteiger partial charge < -0.3 is 14.2 Å². The van der Waals surface area contributed by atoms with E-state index in [1.54, 1.807) is 26.8 Å². The molecule has 27 heavy (non-hydrogen) atoms. The van der Waals surface area contributed by atoms with E-state index in [0.717, 1.165) is 10.5 Å². The summed E-state index contributed by atoms with van der Waals surface area (Å²) in [7, 11) is 0. The molecule has 1 heterocycles. The highest BCUT2D eigenvalue weighted by atomic mass is 16.6. The lowest BCUT2D eigenvalue weighted by atomic mass is 10.1. The first-order chi connectivity index (χ1) is 12.7. The number of hydrogen-bond acceptors (Lipinski definition) is 5. The Morgan fingerprint density at radius 3 is 2.52 bits per heavy atom. The van der Waals surface area contributed by atoms with E-state index < -0.39 is 23.7 Å². The van der Waals surface area contributed by atoms with Crippen LogP contribution in [0.15, 0.2) is 55.4 Å². The SMILES string of the molecule is C=CC1CCC(C(=O)OC(C)(C)C)N(C(=O)OCc2ccccc2)C(=C)O1. The van der Waals surface area contributed by atoms with Crippen molar-refractivity contribution in [2.24, 2.45) is 0 Å². The van der Waals surface area contributed by atoms with Crippen molar-refractivity contribution in [2.45, 2.75) is 58.0 Å². The van der Waals surface area contributed by atoms with Crippen LogP contribution in [0.3, 0.4) is 0 Å². The van der Waals surface area contributed by atoms with Gasteiger partial charge in [0, 0.05) is 0 Å². The van der Waals surface area contributed by atoms with E-state index in [4.69, 9.17) is 14.2 Å². The molecule has 1 saturated heterocycles. The smallest absolute Gasteiger partial charge is 0.417 e. The summed E-state index contributed by atoms with van der Waals surface area (Å²) in [6.45, 7) is 12.9. The van der Waals surface area contributed by atoms with Crippen molar-refractivity contribution in [3.8, 4) is 0 Å². The highest BCUT2D eigenvalue weighted by Gasteiger charge is 2.39. The van der Waals surface area contributed by atoms with Crippen LogP contribution in [-0.4, -0.2) is 34.7 Å². The number of esters is 1. The average molecular weight is 373 g/mol. The predicted molar refractivity (Wildman–Crippen MR) is 102 cm³/mol. The Labute approximate surface area is 160 Å². The molecule has 1 aliphatic heterocycles. The average Bonchev–Trinajstić information content (AvgIpc) is 2.77. The van der Waals surface area contributed by atoms with Crippen molar-refractivity contribution in [3.05, 3.63) is 61.0 Å². The van der Waals surface area contributed by atoms with E-state index in [1.807, 2.05) is 30.3 Å². The summed E-state index contributed by atoms with van der Waals surface area (Å²) in [6.07, 6.45) is 1.44. The molecule has 1 aromatic carbocycles. The van der Waals surface area contributed by atoms with Gasteiger partial charge in [0.25, 0.3) is 0 Å². The fourth-order valence-corrected chi connectivity index (χ4v) is 2.69. The van der Waals surface area contributed by atoms with Gasteiger partial charge in [-0.05, 0) is 45.8 Å². The Morgan fingerprint density at radius 2 is 1.93 bits per heavy atom. The van der Waals surface area contributed by atoms with Gasteiger partial charge in [-0.25, -0.2) is 14.5 Å². The summed E-state index contributed by atoms with van der Waals surface area (Å²) in [5.74, 6) is -0.472. The number of benzene rings is 1. The minimum absolute atomic E-state index is 0.0475. The summed E-state index contributed by atoms with van der Waals surface area (Å²) in [4.78, 5) is 26.6. The summed E-state index contributed by atoms with van der Waals surface area (Å²) in [5.41, 5.74) is 0.160. The van der Waals surface area contributed by atoms with Crippen LogP contribution in [0.1, 0.15) is 39.2 Å². The minimum Gasteiger partial charge on any atom is -0.472 e. The molecule has 2 rings (SSSR count). The monoisotopic (exact) mass is 373 g/mol. The van der Waals surface area contributed by atoms with Crippen molar-refractivity contribution in [3.63, 3.8) is 0 Å². The molecule has 6 heteroatoms. The van der Waals surface area contributed by atoms with Crippen LogP contribution in [0, 0.1) is 0 Å². The first-order valence-corrected chi connectivity index (χ1v) is 8.92. The van der Waals surface area contributed by atoms with Crippen molar-refractivity contribution < 1.29 is 23.8 Å². The fraction of sp³-hybridized carbons (Fsp3) is 0.429. The standard InChI is InChI=1S/C21H27NO5/c1-6-17-12-13-18(19(23)27-21(3,4)5)22(15(2)26-17)20(24)25-14-16-10-8-7-9-11-16/h6-11,17-18H,1-2,12-14H2,3-5H3. The lowest BCUT2D eigenvalue weighted by molar-refractivity contribution is -0.160. The van der Waals surface area contributed by atoms with Crippen LogP contribution >= 0.6 is 0 Å². The molecule has 0 N–H and O–H groups in total. The molecule has 0 spiro atoms. The van der Waals surface area contributed by atoms with Crippen molar-refractivity contribution in [1.29, 1.82) is 0 Å². The highest BCUT2D eigenvalue weighted by Crippen LogP contribution is 2.27. The number of amides is 1. The highest BCUT2D eigenvalue weighted by molar-refractivity contribution is 5.82. The number of nitrogens with zero attached hydrogens (tertiary/aromatic N) is 1. The maximum Gasteiger partial charge on any atom is 0.417 e. The first kappa shape index (κ1) is 20.6. The van der Waals surface area contributed by atoms with Gasteiger partial charge in [-0.2, -0.15) is 0 Å². The van der Waals surface area contributed by atoms with Gasteiger partial charge in [0.05, 0.1) is 0 Å². The largest absolute Gasteiger partial charge is 0.472 e. The van der Waals surface area contributed by atoms with Crippen molar-refractivity contribution in [1.82, 2.24) is 4.90 Å². The predicted octanol–water partition coefficient (Wildman–Crippen LogP) is 4.17. The van der Waals surface area contributed by atoms with E-state index in [2.05, 4.69) is 13.2 Å². The van der Waals surface area contributed by atoms with Gasteiger partial charge in [0.1, 0.15) is 24.4 Å². The summed E-state index contributed by atoms with van der Waals surface area (Å²) >= 11 is 0. The molecule has 0 saturated carbocycles. The maximum absolute atomic E-state index is 12.7.